The van der Waals surface area contributed by atoms with Gasteiger partial charge in [-0.2, -0.15) is 5.06 Å². The summed E-state index contributed by atoms with van der Waals surface area (Å²) in [6, 6.07) is 13.6. The molecule has 0 aromatic heterocycles. The van der Waals surface area contributed by atoms with Crippen LogP contribution in [0.2, 0.25) is 0 Å². The van der Waals surface area contributed by atoms with Gasteiger partial charge in [-0.1, -0.05) is 56.3 Å². The smallest absolute Gasteiger partial charge is 0.436 e. The summed E-state index contributed by atoms with van der Waals surface area (Å²) in [6.45, 7) is 4.25. The number of aldehydes is 1. The van der Waals surface area contributed by atoms with E-state index >= 15 is 0 Å². The Morgan fingerprint density at radius 2 is 1.92 bits per heavy atom. The van der Waals surface area contributed by atoms with Gasteiger partial charge < -0.3 is 24.6 Å². The fourth-order valence-electron chi connectivity index (χ4n) is 4.32. The number of ether oxygens (including phenoxy) is 1. The Morgan fingerprint density at radius 1 is 1.19 bits per heavy atom. The Balaban J connectivity index is 1.83. The highest BCUT2D eigenvalue weighted by molar-refractivity contribution is 5.86. The largest absolute Gasteiger partial charge is 0.443 e. The molecule has 10 nitrogen and oxygen atoms in total. The molecule has 1 heterocycles. The molecule has 37 heavy (non-hydrogen) atoms. The molecule has 0 aliphatic carbocycles. The van der Waals surface area contributed by atoms with Crippen LogP contribution in [0.4, 0.5) is 4.79 Å². The summed E-state index contributed by atoms with van der Waals surface area (Å²) in [7, 11) is 3.33. The van der Waals surface area contributed by atoms with Crippen LogP contribution in [-0.2, 0) is 30.6 Å². The van der Waals surface area contributed by atoms with E-state index in [1.807, 2.05) is 61.2 Å². The second-order valence-electron chi connectivity index (χ2n) is 9.57. The molecule has 1 N–H and O–H groups in total. The highest BCUT2D eigenvalue weighted by Crippen LogP contribution is 2.25. The number of fused-ring (bicyclic) bond motifs is 1. The lowest BCUT2D eigenvalue weighted by Crippen LogP contribution is -2.65. The average Bonchev–Trinajstić information content (AvgIpc) is 2.89. The number of hydrogen-bond donors (Lipinski definition) is 1. The van der Waals surface area contributed by atoms with Gasteiger partial charge in [-0.3, -0.25) is 14.4 Å². The minimum atomic E-state index is -0.919. The fourth-order valence-corrected chi connectivity index (χ4v) is 4.32. The predicted octanol–water partition coefficient (Wildman–Crippen LogP) is 2.56. The molecular formula is C27H36N4O6. The van der Waals surface area contributed by atoms with E-state index in [4.69, 9.17) is 9.57 Å². The molecule has 1 fully saturated rings. The minimum Gasteiger partial charge on any atom is -0.443 e. The lowest BCUT2D eigenvalue weighted by molar-refractivity contribution is -0.257. The first-order chi connectivity index (χ1) is 17.7. The first kappa shape index (κ1) is 28.1. The Bertz CT molecular complexity index is 1100. The summed E-state index contributed by atoms with van der Waals surface area (Å²) in [5.74, 6) is -0.369. The molecule has 3 rings (SSSR count). The van der Waals surface area contributed by atoms with Crippen LogP contribution in [-0.4, -0.2) is 85.1 Å². The van der Waals surface area contributed by atoms with Crippen LogP contribution in [0.25, 0.3) is 10.8 Å². The first-order valence-corrected chi connectivity index (χ1v) is 12.5. The zero-order valence-electron chi connectivity index (χ0n) is 21.9. The number of rotatable bonds is 11. The number of amides is 3. The van der Waals surface area contributed by atoms with Gasteiger partial charge in [0.05, 0.1) is 6.54 Å². The number of carbonyl (C=O) groups is 4. The molecule has 10 heteroatoms. The van der Waals surface area contributed by atoms with Crippen molar-refractivity contribution in [1.29, 1.82) is 0 Å². The van der Waals surface area contributed by atoms with Crippen LogP contribution in [0, 0.1) is 5.92 Å². The lowest BCUT2D eigenvalue weighted by atomic mass is 10.0. The summed E-state index contributed by atoms with van der Waals surface area (Å²) in [4.78, 5) is 58.9. The van der Waals surface area contributed by atoms with Gasteiger partial charge in [-0.15, -0.1) is 0 Å². The highest BCUT2D eigenvalue weighted by atomic mass is 16.7. The third-order valence-corrected chi connectivity index (χ3v) is 6.27. The number of likely N-dealkylation sites (N-methyl/N-ethyl adjacent to an activating group) is 1. The van der Waals surface area contributed by atoms with Gasteiger partial charge in [0.2, 0.25) is 5.91 Å². The Morgan fingerprint density at radius 3 is 2.62 bits per heavy atom. The maximum Gasteiger partial charge on any atom is 0.436 e. The van der Waals surface area contributed by atoms with Crippen LogP contribution in [0.3, 0.4) is 0 Å². The van der Waals surface area contributed by atoms with Gasteiger partial charge >= 0.3 is 6.09 Å². The summed E-state index contributed by atoms with van der Waals surface area (Å²) in [5.41, 5.74) is 0.835. The summed E-state index contributed by atoms with van der Waals surface area (Å²) in [5, 5.41) is 5.64. The molecule has 2 unspecified atom stereocenters. The van der Waals surface area contributed by atoms with E-state index in [9.17, 15) is 19.2 Å². The van der Waals surface area contributed by atoms with Crippen molar-refractivity contribution in [3.63, 3.8) is 0 Å². The number of hydroxylamine groups is 2. The quantitative estimate of drug-likeness (QED) is 0.461. The van der Waals surface area contributed by atoms with Crippen LogP contribution in [0.1, 0.15) is 32.3 Å². The van der Waals surface area contributed by atoms with E-state index in [2.05, 4.69) is 5.32 Å². The van der Waals surface area contributed by atoms with Crippen LogP contribution >= 0.6 is 0 Å². The molecule has 0 bridgehead atoms. The van der Waals surface area contributed by atoms with Crippen LogP contribution in [0.5, 0.6) is 0 Å². The molecule has 2 aromatic rings. The summed E-state index contributed by atoms with van der Waals surface area (Å²) >= 11 is 0. The number of nitrogens with one attached hydrogen (secondary N) is 1. The van der Waals surface area contributed by atoms with Gasteiger partial charge in [0.1, 0.15) is 19.1 Å². The van der Waals surface area contributed by atoms with Gasteiger partial charge in [0.15, 0.2) is 6.10 Å². The average molecular weight is 513 g/mol. The Kier molecular flexibility index (Phi) is 9.99. The van der Waals surface area contributed by atoms with Crippen molar-refractivity contribution in [2.24, 2.45) is 5.92 Å². The molecule has 0 saturated carbocycles. The molecule has 3 amide bonds. The van der Waals surface area contributed by atoms with Gasteiger partial charge in [0, 0.05) is 26.6 Å². The predicted molar refractivity (Wildman–Crippen MR) is 138 cm³/mol. The third kappa shape index (κ3) is 7.27. The van der Waals surface area contributed by atoms with Crippen molar-refractivity contribution in [1.82, 2.24) is 20.2 Å². The molecule has 200 valence electrons. The SMILES string of the molecule is CNC(=O)CCN(C)CC1N(CC=O)C(=O)C(CC(C)C)ON1C(=O)OCc1cccc2ccccc12. The van der Waals surface area contributed by atoms with E-state index < -0.39 is 18.4 Å². The number of carbonyl (C=O) groups excluding carboxylic acids is 4. The second-order valence-corrected chi connectivity index (χ2v) is 9.57. The lowest BCUT2D eigenvalue weighted by Gasteiger charge is -2.45. The van der Waals surface area contributed by atoms with E-state index in [1.54, 1.807) is 14.1 Å². The topological polar surface area (TPSA) is 108 Å². The van der Waals surface area contributed by atoms with E-state index in [1.165, 1.54) is 4.90 Å². The monoisotopic (exact) mass is 512 g/mol. The van der Waals surface area contributed by atoms with Crippen molar-refractivity contribution >= 4 is 35.0 Å². The van der Waals surface area contributed by atoms with Gasteiger partial charge in [-0.05, 0) is 35.7 Å². The fraction of sp³-hybridized carbons (Fsp3) is 0.481. The normalized spacial score (nSPS) is 17.9. The zero-order chi connectivity index (χ0) is 26.9. The first-order valence-electron chi connectivity index (χ1n) is 12.5. The van der Waals surface area contributed by atoms with Crippen molar-refractivity contribution < 1.29 is 28.8 Å². The third-order valence-electron chi connectivity index (χ3n) is 6.27. The highest BCUT2D eigenvalue weighted by Gasteiger charge is 2.45. The Labute approximate surface area is 217 Å². The maximum absolute atomic E-state index is 13.4. The molecule has 0 radical (unpaired) electrons. The Hall–Kier alpha value is -3.50. The molecule has 1 saturated heterocycles. The van der Waals surface area contributed by atoms with Crippen molar-refractivity contribution in [3.05, 3.63) is 48.0 Å². The number of benzene rings is 2. The molecule has 2 atom stereocenters. The minimum absolute atomic E-state index is 0.00967. The number of hydrogen-bond acceptors (Lipinski definition) is 7. The zero-order valence-corrected chi connectivity index (χ0v) is 21.9. The molecule has 1 aliphatic heterocycles. The second kappa shape index (κ2) is 13.2. The summed E-state index contributed by atoms with van der Waals surface area (Å²) in [6.07, 6.45) is -1.33. The molecule has 2 aromatic carbocycles. The van der Waals surface area contributed by atoms with Gasteiger partial charge in [0.25, 0.3) is 5.91 Å². The maximum atomic E-state index is 13.4. The van der Waals surface area contributed by atoms with Crippen LogP contribution in [0.15, 0.2) is 42.5 Å². The van der Waals surface area contributed by atoms with Crippen molar-refractivity contribution in [2.45, 2.75) is 45.6 Å². The van der Waals surface area contributed by atoms with E-state index in [0.717, 1.165) is 21.4 Å². The van der Waals surface area contributed by atoms with Crippen molar-refractivity contribution in [2.75, 3.05) is 33.7 Å². The summed E-state index contributed by atoms with van der Waals surface area (Å²) < 4.78 is 5.67. The van der Waals surface area contributed by atoms with Gasteiger partial charge in [-0.25, -0.2) is 4.79 Å². The van der Waals surface area contributed by atoms with E-state index in [-0.39, 0.29) is 43.8 Å². The molecule has 0 spiro atoms. The standard InChI is InChI=1S/C27H36N4O6/c1-19(2)16-23-26(34)30(14-15-32)25(17-29(4)13-12-24(33)28-3)31(37-23)27(35)36-18-21-10-7-9-20-8-5-6-11-22(20)21/h5-11,15,19,23,25H,12-14,16-18H2,1-4H3,(H,28,33). The molecule has 1 aliphatic rings. The number of nitrogens with zero attached hydrogens (tertiary/aromatic N) is 3. The molecular weight excluding hydrogens is 476 g/mol. The van der Waals surface area contributed by atoms with E-state index in [0.29, 0.717) is 19.3 Å². The van der Waals surface area contributed by atoms with Crippen LogP contribution < -0.4 is 5.32 Å². The van der Waals surface area contributed by atoms with Crippen molar-refractivity contribution in [3.8, 4) is 0 Å².